The van der Waals surface area contributed by atoms with Gasteiger partial charge in [-0.05, 0) is 223 Å². The van der Waals surface area contributed by atoms with E-state index in [1.165, 1.54) is 80.9 Å². The second-order valence-electron chi connectivity index (χ2n) is 25.2. The van der Waals surface area contributed by atoms with Gasteiger partial charge in [-0.2, -0.15) is 0 Å². The van der Waals surface area contributed by atoms with Gasteiger partial charge in [-0.1, -0.05) is 201 Å². The molecule has 3 aromatic carbocycles. The summed E-state index contributed by atoms with van der Waals surface area (Å²) in [6.07, 6.45) is 30.9. The van der Waals surface area contributed by atoms with Crippen LogP contribution in [0.2, 0.25) is 0 Å². The quantitative estimate of drug-likeness (QED) is 0.0446. The van der Waals surface area contributed by atoms with Gasteiger partial charge in [0.2, 0.25) is 0 Å². The maximum atomic E-state index is 14.8. The van der Waals surface area contributed by atoms with Crippen LogP contribution in [0.1, 0.15) is 223 Å². The Labute approximate surface area is 566 Å². The number of unbranched alkanes of at least 4 members (excludes halogenated alkanes) is 16. The first kappa shape index (κ1) is 69.4. The Bertz CT molecular complexity index is 4510. The number of halogens is 2. The van der Waals surface area contributed by atoms with Crippen molar-refractivity contribution >= 4 is 75.5 Å². The zero-order valence-corrected chi connectivity index (χ0v) is 58.9. The van der Waals surface area contributed by atoms with Crippen molar-refractivity contribution in [2.24, 2.45) is 0 Å². The molecule has 93 heavy (non-hydrogen) atoms. The normalized spacial score (nSPS) is 11.2. The van der Waals surface area contributed by atoms with Gasteiger partial charge in [0.05, 0.1) is 52.8 Å². The highest BCUT2D eigenvalue weighted by molar-refractivity contribution is 9.10. The number of aromatic nitrogens is 4. The van der Waals surface area contributed by atoms with E-state index < -0.39 is 0 Å². The number of benzene rings is 3. The molecule has 0 bridgehead atoms. The lowest BCUT2D eigenvalue weighted by Crippen LogP contribution is -2.25. The van der Waals surface area contributed by atoms with Crippen molar-refractivity contribution in [3.05, 3.63) is 239 Å². The summed E-state index contributed by atoms with van der Waals surface area (Å²) in [6, 6.07) is 39.8. The van der Waals surface area contributed by atoms with E-state index in [2.05, 4.69) is 103 Å². The molecule has 0 saturated carbocycles. The van der Waals surface area contributed by atoms with Gasteiger partial charge < -0.3 is 0 Å². The summed E-state index contributed by atoms with van der Waals surface area (Å²) in [5.41, 5.74) is 14.4. The zero-order chi connectivity index (χ0) is 66.0. The van der Waals surface area contributed by atoms with Crippen LogP contribution in [0, 0.1) is 56.8 Å². The van der Waals surface area contributed by atoms with E-state index >= 15 is 0 Å². The molecule has 480 valence electrons. The van der Waals surface area contributed by atoms with E-state index in [9.17, 15) is 19.2 Å². The third-order valence-electron chi connectivity index (χ3n) is 18.2. The largest absolute Gasteiger partial charge is 0.270 e. The van der Waals surface area contributed by atoms with Crippen molar-refractivity contribution < 1.29 is 0 Å². The number of pyridine rings is 4. The van der Waals surface area contributed by atoms with E-state index in [0.717, 1.165) is 160 Å². The first-order valence-electron chi connectivity index (χ1n) is 34.3. The Balaban J connectivity index is 0.000000203. The molecule has 0 aliphatic carbocycles. The Kier molecular flexibility index (Phi) is 25.2. The molecule has 0 fully saturated rings. The molecule has 0 atom stereocenters. The van der Waals surface area contributed by atoms with Crippen LogP contribution in [0.15, 0.2) is 150 Å². The van der Waals surface area contributed by atoms with Crippen LogP contribution >= 0.6 is 31.9 Å². The van der Waals surface area contributed by atoms with Crippen molar-refractivity contribution in [2.75, 3.05) is 0 Å². The Hall–Kier alpha value is -7.94. The molecule has 0 aliphatic heterocycles. The lowest BCUT2D eigenvalue weighted by molar-refractivity contribution is 0.632. The van der Waals surface area contributed by atoms with Crippen LogP contribution in [0.5, 0.6) is 0 Å². The van der Waals surface area contributed by atoms with E-state index in [0.29, 0.717) is 32.9 Å². The number of nitrogens with zero attached hydrogens (tertiary/aromatic N) is 4. The SMILES string of the molecule is C#Cc1ccc(C)cc1.CCCCCCCc1c2c(=O)n3c(Br)ccc3c(CCCCCCC)c2c(=O)n2c(Br)ccc12.CCCCCCCc1c2c(=O)n3c(C#Cc4ccc(C)cc4)ccc3c(CCCCCCC)c2c(=O)n2c(C#Cc3ccc(C)cc3)ccc12. The van der Waals surface area contributed by atoms with Crippen LogP contribution in [0.3, 0.4) is 0 Å². The highest BCUT2D eigenvalue weighted by Gasteiger charge is 2.26. The van der Waals surface area contributed by atoms with Gasteiger partial charge in [0, 0.05) is 16.7 Å². The smallest absolute Gasteiger partial charge is 0.264 e. The monoisotopic (exact) mass is 1360 g/mol. The Morgan fingerprint density at radius 1 is 0.312 bits per heavy atom. The number of aryl methyl sites for hydroxylation is 7. The molecule has 0 N–H and O–H groups in total. The second kappa shape index (κ2) is 33.8. The number of hydrogen-bond acceptors (Lipinski definition) is 4. The average Bonchev–Trinajstić information content (AvgIpc) is 1.69. The molecule has 0 aliphatic rings. The fraction of sp³-hybridized carbons (Fsp3) is 0.373. The maximum absolute atomic E-state index is 14.8. The Morgan fingerprint density at radius 2 is 0.570 bits per heavy atom. The van der Waals surface area contributed by atoms with Crippen LogP contribution in [-0.4, -0.2) is 17.6 Å². The number of terminal acetylenes is 1. The van der Waals surface area contributed by atoms with Gasteiger partial charge in [0.25, 0.3) is 22.2 Å². The van der Waals surface area contributed by atoms with Crippen molar-refractivity contribution in [3.63, 3.8) is 0 Å². The third kappa shape index (κ3) is 16.4. The highest BCUT2D eigenvalue weighted by atomic mass is 79.9. The van der Waals surface area contributed by atoms with Crippen LogP contribution in [-0.2, 0) is 25.7 Å². The molecule has 0 saturated heterocycles. The van der Waals surface area contributed by atoms with Gasteiger partial charge in [-0.3, -0.25) is 36.8 Å². The summed E-state index contributed by atoms with van der Waals surface area (Å²) in [6.45, 7) is 15.0. The van der Waals surface area contributed by atoms with Crippen molar-refractivity contribution in [1.29, 1.82) is 0 Å². The summed E-state index contributed by atoms with van der Waals surface area (Å²) in [4.78, 5) is 57.4. The summed E-state index contributed by atoms with van der Waals surface area (Å²) in [7, 11) is 0. The van der Waals surface area contributed by atoms with Crippen molar-refractivity contribution in [2.45, 2.75) is 203 Å². The summed E-state index contributed by atoms with van der Waals surface area (Å²) < 4.78 is 8.58. The number of hydrogen-bond donors (Lipinski definition) is 0. The van der Waals surface area contributed by atoms with Crippen LogP contribution < -0.4 is 22.2 Å². The van der Waals surface area contributed by atoms with E-state index in [-0.39, 0.29) is 22.2 Å². The fourth-order valence-electron chi connectivity index (χ4n) is 13.0. The van der Waals surface area contributed by atoms with E-state index in [1.54, 1.807) is 17.6 Å². The minimum Gasteiger partial charge on any atom is -0.270 e. The van der Waals surface area contributed by atoms with E-state index in [1.807, 2.05) is 128 Å². The van der Waals surface area contributed by atoms with Gasteiger partial charge >= 0.3 is 0 Å². The minimum atomic E-state index is -0.153. The van der Waals surface area contributed by atoms with Gasteiger partial charge in [0.15, 0.2) is 0 Å². The predicted molar refractivity (Wildman–Crippen MR) is 398 cm³/mol. The first-order valence-corrected chi connectivity index (χ1v) is 35.9. The second-order valence-corrected chi connectivity index (χ2v) is 26.8. The lowest BCUT2D eigenvalue weighted by Gasteiger charge is -2.15. The predicted octanol–water partition coefficient (Wildman–Crippen LogP) is 20.0. The number of rotatable bonds is 24. The summed E-state index contributed by atoms with van der Waals surface area (Å²) >= 11 is 7.18. The summed E-state index contributed by atoms with van der Waals surface area (Å²) in [5, 5.41) is 2.35. The molecule has 10 heteroatoms. The standard InChI is InChI=1S/C46H48N2O2.C28H34Br2N2O2.C9H8/c1-5-7-9-11-13-15-39-41-31-29-37(27-25-35-21-17-33(3)18-22-35)47(41)46(50)44-40(16-14-12-10-8-6-2)42-32-30-38(48(42)45(49)43(39)44)28-26-36-23-19-34(4)20-24-36;1-3-5-7-9-11-13-19-21-15-17-23(29)31(21)28(34)26-20(14-12-10-8-6-4-2)22-16-18-24(30)32(22)27(33)25(19)26;1-3-9-6-4-8(2)5-7-9/h17-24,29-32H,5-16H2,1-4H3;15-18H,3-14H2,1-2H3;1,4-7H,2H3. The molecule has 8 nitrogen and oxygen atoms in total. The topological polar surface area (TPSA) is 85.9 Å². The minimum absolute atomic E-state index is 0.0860. The highest BCUT2D eigenvalue weighted by Crippen LogP contribution is 2.33. The molecule has 11 aromatic rings. The Morgan fingerprint density at radius 3 is 0.860 bits per heavy atom. The molecule has 0 radical (unpaired) electrons. The van der Waals surface area contributed by atoms with Crippen LogP contribution in [0.4, 0.5) is 0 Å². The molecule has 0 amide bonds. The van der Waals surface area contributed by atoms with Crippen molar-refractivity contribution in [1.82, 2.24) is 17.6 Å². The summed E-state index contributed by atoms with van der Waals surface area (Å²) in [5.74, 6) is 15.7. The molecule has 8 aromatic heterocycles. The third-order valence-corrected chi connectivity index (χ3v) is 19.4. The first-order chi connectivity index (χ1) is 45.2. The molecular formula is C83H90Br2N4O4. The average molecular weight is 1370 g/mol. The van der Waals surface area contributed by atoms with Gasteiger partial charge in [0.1, 0.15) is 11.4 Å². The van der Waals surface area contributed by atoms with Gasteiger partial charge in [-0.15, -0.1) is 6.42 Å². The molecule has 11 rings (SSSR count). The van der Waals surface area contributed by atoms with E-state index in [4.69, 9.17) is 6.42 Å². The lowest BCUT2D eigenvalue weighted by atomic mass is 9.95. The van der Waals surface area contributed by atoms with Crippen LogP contribution in [0.25, 0.3) is 43.6 Å². The molecule has 0 spiro atoms. The van der Waals surface area contributed by atoms with Crippen molar-refractivity contribution in [3.8, 4) is 36.0 Å². The number of fused-ring (bicyclic) bond motifs is 6. The fourth-order valence-corrected chi connectivity index (χ4v) is 14.0. The van der Waals surface area contributed by atoms with Gasteiger partial charge in [-0.25, -0.2) is 0 Å². The zero-order valence-electron chi connectivity index (χ0n) is 55.8. The molecular weight excluding hydrogens is 1280 g/mol. The molecule has 8 heterocycles. The maximum Gasteiger partial charge on any atom is 0.264 e. The molecule has 0 unspecified atom stereocenters.